The van der Waals surface area contributed by atoms with Crippen LogP contribution in [0.4, 0.5) is 4.79 Å². The van der Waals surface area contributed by atoms with Gasteiger partial charge in [0.25, 0.3) is 0 Å². The number of hydrogen-bond donors (Lipinski definition) is 1. The summed E-state index contributed by atoms with van der Waals surface area (Å²) >= 11 is 17.8. The first kappa shape index (κ1) is 17.2. The molecule has 2 bridgehead atoms. The second kappa shape index (κ2) is 6.32. The van der Waals surface area contributed by atoms with Crippen LogP contribution >= 0.6 is 34.8 Å². The van der Waals surface area contributed by atoms with E-state index in [0.29, 0.717) is 0 Å². The number of amides is 1. The van der Waals surface area contributed by atoms with Gasteiger partial charge in [0.1, 0.15) is 12.2 Å². The number of piperidine rings is 1. The summed E-state index contributed by atoms with van der Waals surface area (Å²) in [6.07, 6.45) is 1.70. The maximum Gasteiger partial charge on any atom is 0.410 e. The quantitative estimate of drug-likeness (QED) is 0.790. The molecule has 126 valence electrons. The van der Waals surface area contributed by atoms with Crippen molar-refractivity contribution < 1.29 is 14.6 Å². The molecule has 0 spiro atoms. The van der Waals surface area contributed by atoms with Crippen LogP contribution < -0.4 is 0 Å². The van der Waals surface area contributed by atoms with E-state index in [1.54, 1.807) is 4.90 Å². The van der Waals surface area contributed by atoms with Crippen molar-refractivity contribution in [2.24, 2.45) is 0 Å². The molecule has 0 radical (unpaired) electrons. The van der Waals surface area contributed by atoms with Crippen LogP contribution in [0, 0.1) is 0 Å². The Morgan fingerprint density at radius 2 is 1.78 bits per heavy atom. The molecular weight excluding hydrogens is 361 g/mol. The zero-order valence-electron chi connectivity index (χ0n) is 12.4. The lowest BCUT2D eigenvalue weighted by molar-refractivity contribution is -0.0464. The number of aliphatic hydroxyl groups is 1. The zero-order chi connectivity index (χ0) is 16.7. The van der Waals surface area contributed by atoms with E-state index in [-0.39, 0.29) is 37.6 Å². The molecule has 2 aliphatic heterocycles. The van der Waals surface area contributed by atoms with Gasteiger partial charge in [0.15, 0.2) is 0 Å². The number of alkyl halides is 3. The standard InChI is InChI=1S/C16H18Cl3NO3/c17-16(18,19)15(22)8-12-6-7-13(9-15)20(12)14(21)23-10-11-4-2-1-3-5-11/h1-5,12-13,22H,6-10H2/t12-,13+,15?. The molecule has 0 aromatic heterocycles. The third kappa shape index (κ3) is 3.41. The Balaban J connectivity index is 1.65. The first-order chi connectivity index (χ1) is 10.8. The van der Waals surface area contributed by atoms with Crippen LogP contribution in [0.1, 0.15) is 31.2 Å². The highest BCUT2D eigenvalue weighted by Crippen LogP contribution is 2.51. The molecule has 4 nitrogen and oxygen atoms in total. The molecule has 23 heavy (non-hydrogen) atoms. The molecule has 3 atom stereocenters. The van der Waals surface area contributed by atoms with Crippen LogP contribution in [0.25, 0.3) is 0 Å². The minimum atomic E-state index is -1.76. The second-order valence-corrected chi connectivity index (χ2v) is 8.55. The van der Waals surface area contributed by atoms with Gasteiger partial charge in [-0.3, -0.25) is 0 Å². The van der Waals surface area contributed by atoms with E-state index in [0.717, 1.165) is 18.4 Å². The Morgan fingerprint density at radius 1 is 1.22 bits per heavy atom. The normalized spacial score (nSPS) is 30.3. The smallest absolute Gasteiger partial charge is 0.410 e. The van der Waals surface area contributed by atoms with Crippen molar-refractivity contribution in [1.82, 2.24) is 4.90 Å². The number of halogens is 3. The van der Waals surface area contributed by atoms with E-state index in [9.17, 15) is 9.90 Å². The van der Waals surface area contributed by atoms with Crippen molar-refractivity contribution in [3.63, 3.8) is 0 Å². The maximum absolute atomic E-state index is 12.4. The van der Waals surface area contributed by atoms with E-state index in [2.05, 4.69) is 0 Å². The fourth-order valence-corrected chi connectivity index (χ4v) is 4.01. The van der Waals surface area contributed by atoms with Crippen LogP contribution in [-0.4, -0.2) is 37.6 Å². The second-order valence-electron chi connectivity index (χ2n) is 6.27. The summed E-state index contributed by atoms with van der Waals surface area (Å²) in [5.41, 5.74) is -0.470. The van der Waals surface area contributed by atoms with Crippen LogP contribution in [0.15, 0.2) is 30.3 Å². The van der Waals surface area contributed by atoms with E-state index in [1.165, 1.54) is 0 Å². The lowest BCUT2D eigenvalue weighted by Crippen LogP contribution is -2.58. The Kier molecular flexibility index (Phi) is 4.71. The molecule has 0 saturated carbocycles. The van der Waals surface area contributed by atoms with E-state index in [4.69, 9.17) is 39.5 Å². The van der Waals surface area contributed by atoms with Crippen molar-refractivity contribution in [2.75, 3.05) is 0 Å². The molecule has 1 unspecified atom stereocenters. The molecule has 3 rings (SSSR count). The number of benzene rings is 1. The number of rotatable bonds is 2. The summed E-state index contributed by atoms with van der Waals surface area (Å²) in [6, 6.07) is 9.20. The minimum Gasteiger partial charge on any atom is -0.445 e. The maximum atomic E-state index is 12.4. The number of fused-ring (bicyclic) bond motifs is 2. The molecular formula is C16H18Cl3NO3. The number of ether oxygens (including phenoxy) is 1. The molecule has 7 heteroatoms. The van der Waals surface area contributed by atoms with Gasteiger partial charge in [0.2, 0.25) is 3.79 Å². The van der Waals surface area contributed by atoms with Crippen molar-refractivity contribution >= 4 is 40.9 Å². The van der Waals surface area contributed by atoms with E-state index in [1.807, 2.05) is 30.3 Å². The summed E-state index contributed by atoms with van der Waals surface area (Å²) in [6.45, 7) is 0.227. The van der Waals surface area contributed by atoms with Gasteiger partial charge < -0.3 is 14.7 Å². The summed E-state index contributed by atoms with van der Waals surface area (Å²) in [5.74, 6) is 0. The summed E-state index contributed by atoms with van der Waals surface area (Å²) in [7, 11) is 0. The molecule has 2 aliphatic rings. The largest absolute Gasteiger partial charge is 0.445 e. The van der Waals surface area contributed by atoms with Gasteiger partial charge in [-0.25, -0.2) is 4.79 Å². The average molecular weight is 379 g/mol. The molecule has 2 fully saturated rings. The highest BCUT2D eigenvalue weighted by Gasteiger charge is 2.57. The molecule has 2 heterocycles. The van der Waals surface area contributed by atoms with Gasteiger partial charge >= 0.3 is 6.09 Å². The molecule has 1 N–H and O–H groups in total. The van der Waals surface area contributed by atoms with E-state index >= 15 is 0 Å². The van der Waals surface area contributed by atoms with Gasteiger partial charge in [-0.1, -0.05) is 65.1 Å². The number of carbonyl (C=O) groups excluding carboxylic acids is 1. The van der Waals surface area contributed by atoms with Crippen molar-refractivity contribution in [2.45, 2.75) is 53.8 Å². The van der Waals surface area contributed by atoms with Gasteiger partial charge in [-0.2, -0.15) is 0 Å². The lowest BCUT2D eigenvalue weighted by atomic mass is 9.87. The number of hydrogen-bond acceptors (Lipinski definition) is 3. The Labute approximate surface area is 150 Å². The minimum absolute atomic E-state index is 0.155. The molecule has 1 aromatic carbocycles. The molecule has 1 aromatic rings. The zero-order valence-corrected chi connectivity index (χ0v) is 14.7. The molecule has 0 aliphatic carbocycles. The topological polar surface area (TPSA) is 49.8 Å². The van der Waals surface area contributed by atoms with Gasteiger partial charge in [0.05, 0.1) is 0 Å². The summed E-state index contributed by atoms with van der Waals surface area (Å²) in [4.78, 5) is 14.1. The Bertz CT molecular complexity index is 562. The fourth-order valence-electron chi connectivity index (χ4n) is 3.55. The summed E-state index contributed by atoms with van der Waals surface area (Å²) < 4.78 is 3.65. The van der Waals surface area contributed by atoms with Gasteiger partial charge in [0, 0.05) is 24.9 Å². The monoisotopic (exact) mass is 377 g/mol. The first-order valence-corrected chi connectivity index (χ1v) is 8.72. The van der Waals surface area contributed by atoms with Crippen molar-refractivity contribution in [3.05, 3.63) is 35.9 Å². The predicted octanol–water partition coefficient (Wildman–Crippen LogP) is 4.05. The predicted molar refractivity (Wildman–Crippen MR) is 89.7 cm³/mol. The van der Waals surface area contributed by atoms with Gasteiger partial charge in [-0.05, 0) is 18.4 Å². The van der Waals surface area contributed by atoms with Crippen LogP contribution in [0.2, 0.25) is 0 Å². The lowest BCUT2D eigenvalue weighted by Gasteiger charge is -2.45. The SMILES string of the molecule is O=C(OCc1ccccc1)N1[C@@H]2CC[C@H]1CC(O)(C(Cl)(Cl)Cl)C2. The van der Waals surface area contributed by atoms with E-state index < -0.39 is 9.39 Å². The first-order valence-electron chi connectivity index (χ1n) is 7.58. The molecule has 2 saturated heterocycles. The van der Waals surface area contributed by atoms with Crippen LogP contribution in [0.3, 0.4) is 0 Å². The van der Waals surface area contributed by atoms with Crippen molar-refractivity contribution in [3.8, 4) is 0 Å². The van der Waals surface area contributed by atoms with Crippen molar-refractivity contribution in [1.29, 1.82) is 0 Å². The third-order valence-corrected chi connectivity index (χ3v) is 5.77. The summed E-state index contributed by atoms with van der Waals surface area (Å²) in [5, 5.41) is 10.6. The van der Waals surface area contributed by atoms with Crippen LogP contribution in [-0.2, 0) is 11.3 Å². The third-order valence-electron chi connectivity index (χ3n) is 4.71. The Morgan fingerprint density at radius 3 is 2.30 bits per heavy atom. The Hall–Kier alpha value is -0.680. The van der Waals surface area contributed by atoms with Gasteiger partial charge in [-0.15, -0.1) is 0 Å². The fraction of sp³-hybridized carbons (Fsp3) is 0.562. The molecule has 1 amide bonds. The highest BCUT2D eigenvalue weighted by atomic mass is 35.6. The number of nitrogens with zero attached hydrogens (tertiary/aromatic N) is 1. The number of carbonyl (C=O) groups is 1. The average Bonchev–Trinajstić information content (AvgIpc) is 2.77. The van der Waals surface area contributed by atoms with Crippen LogP contribution in [0.5, 0.6) is 0 Å². The highest BCUT2D eigenvalue weighted by molar-refractivity contribution is 6.68.